The summed E-state index contributed by atoms with van der Waals surface area (Å²) < 4.78 is 0. The number of amides is 1. The number of aromatic nitrogens is 1. The number of benzene rings is 1. The van der Waals surface area contributed by atoms with Crippen LogP contribution in [0.25, 0.3) is 0 Å². The van der Waals surface area contributed by atoms with Crippen molar-refractivity contribution in [1.82, 2.24) is 4.98 Å². The molecule has 0 spiro atoms. The van der Waals surface area contributed by atoms with Crippen molar-refractivity contribution in [1.29, 1.82) is 10.5 Å². The summed E-state index contributed by atoms with van der Waals surface area (Å²) in [7, 11) is 0. The third kappa shape index (κ3) is 3.14. The van der Waals surface area contributed by atoms with Gasteiger partial charge in [0.05, 0.1) is 11.1 Å². The van der Waals surface area contributed by atoms with Gasteiger partial charge in [-0.2, -0.15) is 10.5 Å². The van der Waals surface area contributed by atoms with Crippen molar-refractivity contribution in [2.24, 2.45) is 0 Å². The molecule has 2 aromatic rings. The van der Waals surface area contributed by atoms with Crippen LogP contribution in [-0.4, -0.2) is 10.9 Å². The van der Waals surface area contributed by atoms with E-state index in [0.717, 1.165) is 0 Å². The molecule has 0 aliphatic rings. The number of anilines is 2. The minimum Gasteiger partial charge on any atom is -0.384 e. The third-order valence-corrected chi connectivity index (χ3v) is 2.75. The van der Waals surface area contributed by atoms with Crippen molar-refractivity contribution in [2.75, 3.05) is 11.1 Å². The number of rotatable bonds is 2. The highest BCUT2D eigenvalue weighted by Gasteiger charge is 2.10. The standard InChI is InChI=1S/C15H11N5O/c1-9-4-11(6-14(18)19-9)15(21)20-13-3-2-10(7-16)12(5-13)8-17/h2-6H,1H3,(H2,18,19)(H,20,21). The normalized spacial score (nSPS) is 9.48. The summed E-state index contributed by atoms with van der Waals surface area (Å²) in [6.45, 7) is 1.74. The Morgan fingerprint density at radius 3 is 2.52 bits per heavy atom. The summed E-state index contributed by atoms with van der Waals surface area (Å²) in [6, 6.07) is 11.4. The summed E-state index contributed by atoms with van der Waals surface area (Å²) in [5.74, 6) is -0.0986. The summed E-state index contributed by atoms with van der Waals surface area (Å²) in [6.07, 6.45) is 0. The molecular weight excluding hydrogens is 266 g/mol. The highest BCUT2D eigenvalue weighted by molar-refractivity contribution is 6.04. The predicted molar refractivity (Wildman–Crippen MR) is 77.2 cm³/mol. The first-order chi connectivity index (χ1) is 10.0. The van der Waals surface area contributed by atoms with Gasteiger partial charge >= 0.3 is 0 Å². The molecule has 3 N–H and O–H groups in total. The molecule has 6 nitrogen and oxygen atoms in total. The molecule has 1 aromatic carbocycles. The van der Waals surface area contributed by atoms with Crippen molar-refractivity contribution >= 4 is 17.4 Å². The Hall–Kier alpha value is -3.38. The first kappa shape index (κ1) is 14.0. The van der Waals surface area contributed by atoms with E-state index < -0.39 is 0 Å². The molecule has 0 atom stereocenters. The zero-order valence-electron chi connectivity index (χ0n) is 11.2. The van der Waals surface area contributed by atoms with Gasteiger partial charge in [-0.05, 0) is 37.3 Å². The molecule has 1 heterocycles. The molecule has 102 valence electrons. The lowest BCUT2D eigenvalue weighted by Gasteiger charge is -2.07. The van der Waals surface area contributed by atoms with Crippen LogP contribution < -0.4 is 11.1 Å². The molecule has 1 amide bonds. The van der Waals surface area contributed by atoms with E-state index in [-0.39, 0.29) is 22.9 Å². The molecule has 0 aliphatic carbocycles. The molecule has 0 radical (unpaired) electrons. The molecule has 2 rings (SSSR count). The number of nitriles is 2. The van der Waals surface area contributed by atoms with E-state index in [0.29, 0.717) is 16.9 Å². The van der Waals surface area contributed by atoms with Gasteiger partial charge < -0.3 is 11.1 Å². The van der Waals surface area contributed by atoms with Crippen LogP contribution in [0.4, 0.5) is 11.5 Å². The van der Waals surface area contributed by atoms with Crippen LogP contribution in [0, 0.1) is 29.6 Å². The molecule has 21 heavy (non-hydrogen) atoms. The number of carbonyl (C=O) groups is 1. The number of pyridine rings is 1. The van der Waals surface area contributed by atoms with Gasteiger partial charge in [0.1, 0.15) is 18.0 Å². The van der Waals surface area contributed by atoms with Crippen LogP contribution in [0.15, 0.2) is 30.3 Å². The molecule has 1 aromatic heterocycles. The minimum absolute atomic E-state index is 0.209. The zero-order chi connectivity index (χ0) is 15.4. The molecule has 0 saturated carbocycles. The summed E-state index contributed by atoms with van der Waals surface area (Å²) in [5, 5.41) is 20.5. The first-order valence-corrected chi connectivity index (χ1v) is 6.03. The van der Waals surface area contributed by atoms with E-state index >= 15 is 0 Å². The molecule has 0 aliphatic heterocycles. The monoisotopic (exact) mass is 277 g/mol. The van der Waals surface area contributed by atoms with Crippen molar-refractivity contribution in [3.8, 4) is 12.1 Å². The van der Waals surface area contributed by atoms with Crippen molar-refractivity contribution in [3.05, 3.63) is 52.7 Å². The van der Waals surface area contributed by atoms with Crippen molar-refractivity contribution < 1.29 is 4.79 Å². The summed E-state index contributed by atoms with van der Waals surface area (Å²) in [5.41, 5.74) is 7.52. The van der Waals surface area contributed by atoms with Crippen LogP contribution in [0.5, 0.6) is 0 Å². The smallest absolute Gasteiger partial charge is 0.255 e. The Morgan fingerprint density at radius 1 is 1.19 bits per heavy atom. The molecule has 0 saturated heterocycles. The number of aryl methyl sites for hydroxylation is 1. The lowest BCUT2D eigenvalue weighted by atomic mass is 10.1. The maximum Gasteiger partial charge on any atom is 0.255 e. The maximum absolute atomic E-state index is 12.1. The lowest BCUT2D eigenvalue weighted by Crippen LogP contribution is -2.13. The molecule has 0 fully saturated rings. The number of carbonyl (C=O) groups excluding carboxylic acids is 1. The summed E-state index contributed by atoms with van der Waals surface area (Å²) >= 11 is 0. The van der Waals surface area contributed by atoms with Crippen molar-refractivity contribution in [3.63, 3.8) is 0 Å². The number of nitrogens with one attached hydrogen (secondary N) is 1. The fourth-order valence-corrected chi connectivity index (χ4v) is 1.84. The van der Waals surface area contributed by atoms with Crippen LogP contribution in [-0.2, 0) is 0 Å². The van der Waals surface area contributed by atoms with Crippen molar-refractivity contribution in [2.45, 2.75) is 6.92 Å². The number of nitrogens with two attached hydrogens (primary N) is 1. The average Bonchev–Trinajstić information content (AvgIpc) is 2.46. The molecule has 6 heteroatoms. The number of nitrogen functional groups attached to an aromatic ring is 1. The predicted octanol–water partition coefficient (Wildman–Crippen LogP) is 1.97. The van der Waals surface area contributed by atoms with Gasteiger partial charge in [0.25, 0.3) is 5.91 Å². The Labute approximate surface area is 121 Å². The average molecular weight is 277 g/mol. The number of hydrogen-bond acceptors (Lipinski definition) is 5. The van der Waals surface area contributed by atoms with E-state index in [1.165, 1.54) is 18.2 Å². The Morgan fingerprint density at radius 2 is 1.90 bits per heavy atom. The van der Waals surface area contributed by atoms with Crippen LogP contribution in [0.3, 0.4) is 0 Å². The van der Waals surface area contributed by atoms with E-state index in [4.69, 9.17) is 16.3 Å². The fourth-order valence-electron chi connectivity index (χ4n) is 1.84. The highest BCUT2D eigenvalue weighted by Crippen LogP contribution is 2.16. The topological polar surface area (TPSA) is 116 Å². The van der Waals surface area contributed by atoms with Crippen LogP contribution in [0.1, 0.15) is 27.2 Å². The fraction of sp³-hybridized carbons (Fsp3) is 0.0667. The van der Waals surface area contributed by atoms with Crippen LogP contribution in [0.2, 0.25) is 0 Å². The van der Waals surface area contributed by atoms with Gasteiger partial charge in [-0.25, -0.2) is 4.98 Å². The Bertz CT molecular complexity index is 778. The van der Waals surface area contributed by atoms with E-state index in [9.17, 15) is 4.79 Å². The Balaban J connectivity index is 2.28. The second-order valence-electron chi connectivity index (χ2n) is 4.36. The summed E-state index contributed by atoms with van der Waals surface area (Å²) in [4.78, 5) is 16.1. The van der Waals surface area contributed by atoms with E-state index in [1.54, 1.807) is 19.1 Å². The van der Waals surface area contributed by atoms with Gasteiger partial charge in [-0.3, -0.25) is 4.79 Å². The quantitative estimate of drug-likeness (QED) is 0.870. The van der Waals surface area contributed by atoms with Gasteiger partial charge in [0.15, 0.2) is 0 Å². The largest absolute Gasteiger partial charge is 0.384 e. The van der Waals surface area contributed by atoms with Gasteiger partial charge in [-0.1, -0.05) is 0 Å². The number of hydrogen-bond donors (Lipinski definition) is 2. The van der Waals surface area contributed by atoms with E-state index in [2.05, 4.69) is 10.3 Å². The van der Waals surface area contributed by atoms with Crippen LogP contribution >= 0.6 is 0 Å². The number of nitrogens with zero attached hydrogens (tertiary/aromatic N) is 3. The third-order valence-electron chi connectivity index (χ3n) is 2.75. The lowest BCUT2D eigenvalue weighted by molar-refractivity contribution is 0.102. The molecule has 0 bridgehead atoms. The molecule has 0 unspecified atom stereocenters. The van der Waals surface area contributed by atoms with Gasteiger partial charge in [0.2, 0.25) is 0 Å². The van der Waals surface area contributed by atoms with E-state index in [1.807, 2.05) is 12.1 Å². The SMILES string of the molecule is Cc1cc(C(=O)Nc2ccc(C#N)c(C#N)c2)cc(N)n1. The first-order valence-electron chi connectivity index (χ1n) is 6.03. The molecular formula is C15H11N5O. The van der Waals surface area contributed by atoms with Gasteiger partial charge in [0, 0.05) is 16.9 Å². The highest BCUT2D eigenvalue weighted by atomic mass is 16.1. The Kier molecular flexibility index (Phi) is 3.83. The maximum atomic E-state index is 12.1. The second-order valence-corrected chi connectivity index (χ2v) is 4.36. The zero-order valence-corrected chi connectivity index (χ0v) is 11.2. The second kappa shape index (κ2) is 5.72. The van der Waals surface area contributed by atoms with Gasteiger partial charge in [-0.15, -0.1) is 0 Å². The minimum atomic E-state index is -0.360.